The summed E-state index contributed by atoms with van der Waals surface area (Å²) < 4.78 is 5.58. The standard InChI is InChI=1S/C13H19N3O/c1-2-10-7-14-8-13(10,5-1)12-15-11(16-17-12)6-9-3-4-9/h9-10,14H,1-8H2/t10-,13-/m0/s1. The minimum atomic E-state index is 0.175. The summed E-state index contributed by atoms with van der Waals surface area (Å²) >= 11 is 0. The van der Waals surface area contributed by atoms with E-state index in [9.17, 15) is 0 Å². The second kappa shape index (κ2) is 3.55. The first-order valence-corrected chi connectivity index (χ1v) is 6.91. The van der Waals surface area contributed by atoms with Crippen LogP contribution in [0.3, 0.4) is 0 Å². The van der Waals surface area contributed by atoms with Crippen LogP contribution in [0.5, 0.6) is 0 Å². The van der Waals surface area contributed by atoms with Gasteiger partial charge in [-0.25, -0.2) is 0 Å². The molecule has 17 heavy (non-hydrogen) atoms. The van der Waals surface area contributed by atoms with E-state index in [0.29, 0.717) is 0 Å². The zero-order valence-electron chi connectivity index (χ0n) is 10.1. The van der Waals surface area contributed by atoms with Gasteiger partial charge in [-0.2, -0.15) is 4.98 Å². The van der Waals surface area contributed by atoms with Gasteiger partial charge in [0.15, 0.2) is 5.82 Å². The third-order valence-corrected chi connectivity index (χ3v) is 4.85. The highest BCUT2D eigenvalue weighted by molar-refractivity contribution is 5.16. The second-order valence-corrected chi connectivity index (χ2v) is 6.04. The predicted octanol–water partition coefficient (Wildman–Crippen LogP) is 1.66. The summed E-state index contributed by atoms with van der Waals surface area (Å²) in [6.07, 6.45) is 7.56. The maximum absolute atomic E-state index is 5.58. The van der Waals surface area contributed by atoms with Crippen LogP contribution in [-0.4, -0.2) is 23.2 Å². The molecule has 2 saturated carbocycles. The number of hydrogen-bond acceptors (Lipinski definition) is 4. The first-order valence-electron chi connectivity index (χ1n) is 6.91. The highest BCUT2D eigenvalue weighted by Crippen LogP contribution is 2.47. The lowest BCUT2D eigenvalue weighted by molar-refractivity contribution is 0.264. The SMILES string of the molecule is C1C[C@H]2CNC[C@@]2(c2nc(CC3CC3)no2)C1. The largest absolute Gasteiger partial charge is 0.339 e. The molecule has 92 valence electrons. The average molecular weight is 233 g/mol. The fourth-order valence-electron chi connectivity index (χ4n) is 3.62. The molecular weight excluding hydrogens is 214 g/mol. The van der Waals surface area contributed by atoms with Crippen molar-refractivity contribution in [2.75, 3.05) is 13.1 Å². The van der Waals surface area contributed by atoms with E-state index in [1.165, 1.54) is 32.1 Å². The molecule has 1 aromatic rings. The van der Waals surface area contributed by atoms with Crippen LogP contribution in [0.25, 0.3) is 0 Å². The number of nitrogens with zero attached hydrogens (tertiary/aromatic N) is 2. The Morgan fingerprint density at radius 2 is 2.29 bits per heavy atom. The fourth-order valence-corrected chi connectivity index (χ4v) is 3.62. The third kappa shape index (κ3) is 1.53. The Labute approximate surface area is 101 Å². The monoisotopic (exact) mass is 233 g/mol. The molecule has 0 aromatic carbocycles. The molecule has 1 saturated heterocycles. The Kier molecular flexibility index (Phi) is 2.10. The van der Waals surface area contributed by atoms with Crippen LogP contribution in [0.1, 0.15) is 43.8 Å². The number of rotatable bonds is 3. The highest BCUT2D eigenvalue weighted by atomic mass is 16.5. The molecule has 0 unspecified atom stereocenters. The molecule has 0 amide bonds. The summed E-state index contributed by atoms with van der Waals surface area (Å²) in [6, 6.07) is 0. The average Bonchev–Trinajstić information content (AvgIpc) is 2.76. The van der Waals surface area contributed by atoms with Gasteiger partial charge >= 0.3 is 0 Å². The van der Waals surface area contributed by atoms with E-state index in [1.807, 2.05) is 0 Å². The van der Waals surface area contributed by atoms with Gasteiger partial charge in [-0.3, -0.25) is 0 Å². The molecule has 4 rings (SSSR count). The lowest BCUT2D eigenvalue weighted by atomic mass is 9.80. The van der Waals surface area contributed by atoms with E-state index < -0.39 is 0 Å². The molecule has 3 fully saturated rings. The van der Waals surface area contributed by atoms with Gasteiger partial charge in [0.2, 0.25) is 5.89 Å². The summed E-state index contributed by atoms with van der Waals surface area (Å²) in [7, 11) is 0. The normalized spacial score (nSPS) is 36.4. The van der Waals surface area contributed by atoms with Crippen molar-refractivity contribution < 1.29 is 4.52 Å². The van der Waals surface area contributed by atoms with Gasteiger partial charge in [0.25, 0.3) is 0 Å². The Hall–Kier alpha value is -0.900. The van der Waals surface area contributed by atoms with Crippen LogP contribution in [0.4, 0.5) is 0 Å². The summed E-state index contributed by atoms with van der Waals surface area (Å²) in [5, 5.41) is 7.68. The number of aromatic nitrogens is 2. The van der Waals surface area contributed by atoms with Crippen molar-refractivity contribution in [2.24, 2.45) is 11.8 Å². The first kappa shape index (κ1) is 10.1. The van der Waals surface area contributed by atoms with Gasteiger partial charge in [-0.1, -0.05) is 11.6 Å². The topological polar surface area (TPSA) is 51.0 Å². The van der Waals surface area contributed by atoms with Crippen LogP contribution >= 0.6 is 0 Å². The van der Waals surface area contributed by atoms with Crippen LogP contribution < -0.4 is 5.32 Å². The summed E-state index contributed by atoms with van der Waals surface area (Å²) in [6.45, 7) is 2.16. The van der Waals surface area contributed by atoms with E-state index in [0.717, 1.165) is 43.1 Å². The fraction of sp³-hybridized carbons (Fsp3) is 0.846. The molecule has 1 aliphatic heterocycles. The van der Waals surface area contributed by atoms with Crippen LogP contribution in [0, 0.1) is 11.8 Å². The quantitative estimate of drug-likeness (QED) is 0.862. The van der Waals surface area contributed by atoms with E-state index in [-0.39, 0.29) is 5.41 Å². The van der Waals surface area contributed by atoms with Crippen molar-refractivity contribution in [3.8, 4) is 0 Å². The summed E-state index contributed by atoms with van der Waals surface area (Å²) in [5.41, 5.74) is 0.175. The van der Waals surface area contributed by atoms with Gasteiger partial charge in [-0.15, -0.1) is 0 Å². The predicted molar refractivity (Wildman–Crippen MR) is 62.6 cm³/mol. The molecule has 0 bridgehead atoms. The van der Waals surface area contributed by atoms with E-state index in [1.54, 1.807) is 0 Å². The van der Waals surface area contributed by atoms with E-state index in [4.69, 9.17) is 4.52 Å². The Morgan fingerprint density at radius 3 is 3.18 bits per heavy atom. The molecule has 0 radical (unpaired) electrons. The van der Waals surface area contributed by atoms with Crippen molar-refractivity contribution in [3.63, 3.8) is 0 Å². The summed E-state index contributed by atoms with van der Waals surface area (Å²) in [4.78, 5) is 4.69. The Bertz CT molecular complexity index is 414. The lowest BCUT2D eigenvalue weighted by Gasteiger charge is -2.22. The second-order valence-electron chi connectivity index (χ2n) is 6.04. The van der Waals surface area contributed by atoms with Gasteiger partial charge in [0.05, 0.1) is 5.41 Å². The molecule has 2 heterocycles. The molecule has 4 heteroatoms. The van der Waals surface area contributed by atoms with Crippen LogP contribution in [-0.2, 0) is 11.8 Å². The van der Waals surface area contributed by atoms with Crippen LogP contribution in [0.2, 0.25) is 0 Å². The molecule has 1 N–H and O–H groups in total. The van der Waals surface area contributed by atoms with Gasteiger partial charge in [0.1, 0.15) is 0 Å². The highest BCUT2D eigenvalue weighted by Gasteiger charge is 2.51. The van der Waals surface area contributed by atoms with E-state index >= 15 is 0 Å². The zero-order valence-corrected chi connectivity index (χ0v) is 10.1. The molecule has 3 aliphatic rings. The number of nitrogens with one attached hydrogen (secondary N) is 1. The Morgan fingerprint density at radius 1 is 1.35 bits per heavy atom. The molecule has 4 nitrogen and oxygen atoms in total. The van der Waals surface area contributed by atoms with Gasteiger partial charge in [-0.05, 0) is 44.1 Å². The van der Waals surface area contributed by atoms with Crippen molar-refractivity contribution in [3.05, 3.63) is 11.7 Å². The molecule has 2 aliphatic carbocycles. The molecule has 1 aromatic heterocycles. The van der Waals surface area contributed by atoms with Gasteiger partial charge in [0, 0.05) is 13.0 Å². The lowest BCUT2D eigenvalue weighted by Crippen LogP contribution is -2.31. The maximum Gasteiger partial charge on any atom is 0.234 e. The van der Waals surface area contributed by atoms with Gasteiger partial charge < -0.3 is 9.84 Å². The van der Waals surface area contributed by atoms with Crippen molar-refractivity contribution >= 4 is 0 Å². The minimum absolute atomic E-state index is 0.175. The van der Waals surface area contributed by atoms with Crippen molar-refractivity contribution in [1.29, 1.82) is 0 Å². The smallest absolute Gasteiger partial charge is 0.234 e. The van der Waals surface area contributed by atoms with Crippen molar-refractivity contribution in [1.82, 2.24) is 15.5 Å². The van der Waals surface area contributed by atoms with E-state index in [2.05, 4.69) is 15.5 Å². The summed E-state index contributed by atoms with van der Waals surface area (Å²) in [5.74, 6) is 3.41. The number of hydrogen-bond donors (Lipinski definition) is 1. The number of fused-ring (bicyclic) bond motifs is 1. The van der Waals surface area contributed by atoms with Crippen molar-refractivity contribution in [2.45, 2.75) is 43.9 Å². The Balaban J connectivity index is 1.61. The molecule has 0 spiro atoms. The zero-order chi connectivity index (χ0) is 11.3. The van der Waals surface area contributed by atoms with Crippen LogP contribution in [0.15, 0.2) is 4.52 Å². The minimum Gasteiger partial charge on any atom is -0.339 e. The molecule has 2 atom stereocenters. The first-order chi connectivity index (χ1) is 8.37. The maximum atomic E-state index is 5.58. The molecular formula is C13H19N3O. The third-order valence-electron chi connectivity index (χ3n) is 4.85.